The van der Waals surface area contributed by atoms with Gasteiger partial charge in [-0.1, -0.05) is 121 Å². The Bertz CT molecular complexity index is 1220. The second-order valence-electron chi connectivity index (χ2n) is 7.90. The van der Waals surface area contributed by atoms with Gasteiger partial charge in [-0.2, -0.15) is 0 Å². The number of hydrogen-bond acceptors (Lipinski definition) is 1. The van der Waals surface area contributed by atoms with Crippen LogP contribution in [-0.2, 0) is 10.3 Å². The Hall–Kier alpha value is -3.84. The van der Waals surface area contributed by atoms with Crippen molar-refractivity contribution in [1.29, 1.82) is 0 Å². The third kappa shape index (κ3) is 3.60. The van der Waals surface area contributed by atoms with Gasteiger partial charge in [0.1, 0.15) is 5.76 Å². The van der Waals surface area contributed by atoms with E-state index in [9.17, 15) is 0 Å². The van der Waals surface area contributed by atoms with Gasteiger partial charge in [0.15, 0.2) is 5.60 Å². The van der Waals surface area contributed by atoms with Gasteiger partial charge in [-0.25, -0.2) is 0 Å². The molecule has 1 nitrogen and oxygen atoms in total. The second kappa shape index (κ2) is 8.12. The van der Waals surface area contributed by atoms with Crippen molar-refractivity contribution in [3.8, 4) is 0 Å². The van der Waals surface area contributed by atoms with Crippen molar-refractivity contribution in [1.82, 2.24) is 0 Å². The zero-order valence-electron chi connectivity index (χ0n) is 17.5. The standard InChI is InChI=1S/C30H24O/c1-30(26-20-12-5-13-21-26)29(25-18-10-4-11-19-25)28(24-16-8-3-9-17-24)27(31-30)22-23-14-6-2-7-15-23/h2-22H,1H3/b27-22-. The van der Waals surface area contributed by atoms with E-state index in [0.29, 0.717) is 0 Å². The second-order valence-corrected chi connectivity index (χ2v) is 7.90. The van der Waals surface area contributed by atoms with Crippen LogP contribution in [0.4, 0.5) is 0 Å². The van der Waals surface area contributed by atoms with Gasteiger partial charge in [0.2, 0.25) is 0 Å². The molecule has 0 spiro atoms. The van der Waals surface area contributed by atoms with Gasteiger partial charge in [0, 0.05) is 11.1 Å². The molecule has 0 bridgehead atoms. The van der Waals surface area contributed by atoms with E-state index in [-0.39, 0.29) is 0 Å². The average molecular weight is 401 g/mol. The van der Waals surface area contributed by atoms with Crippen LogP contribution in [0.2, 0.25) is 0 Å². The summed E-state index contributed by atoms with van der Waals surface area (Å²) in [5.74, 6) is 0.891. The zero-order valence-corrected chi connectivity index (χ0v) is 17.5. The predicted molar refractivity (Wildman–Crippen MR) is 129 cm³/mol. The molecule has 0 saturated heterocycles. The van der Waals surface area contributed by atoms with E-state index < -0.39 is 5.60 Å². The third-order valence-corrected chi connectivity index (χ3v) is 5.83. The highest BCUT2D eigenvalue weighted by molar-refractivity contribution is 6.04. The van der Waals surface area contributed by atoms with Gasteiger partial charge in [0.05, 0.1) is 0 Å². The van der Waals surface area contributed by atoms with E-state index in [1.807, 2.05) is 12.1 Å². The SMILES string of the molecule is CC1(c2ccccc2)O/C(=C\c2ccccc2)C(c2ccccc2)=C1c1ccccc1. The zero-order chi connectivity index (χ0) is 21.1. The molecule has 0 amide bonds. The van der Waals surface area contributed by atoms with Crippen molar-refractivity contribution < 1.29 is 4.74 Å². The van der Waals surface area contributed by atoms with Gasteiger partial charge in [0.25, 0.3) is 0 Å². The summed E-state index contributed by atoms with van der Waals surface area (Å²) in [4.78, 5) is 0. The molecule has 5 rings (SSSR count). The van der Waals surface area contributed by atoms with Gasteiger partial charge >= 0.3 is 0 Å². The van der Waals surface area contributed by atoms with Gasteiger partial charge in [-0.3, -0.25) is 0 Å². The summed E-state index contributed by atoms with van der Waals surface area (Å²) >= 11 is 0. The minimum Gasteiger partial charge on any atom is -0.477 e. The molecule has 0 aliphatic carbocycles. The van der Waals surface area contributed by atoms with Crippen LogP contribution in [-0.4, -0.2) is 0 Å². The fraction of sp³-hybridized carbons (Fsp3) is 0.0667. The summed E-state index contributed by atoms with van der Waals surface area (Å²) in [5.41, 5.74) is 6.31. The van der Waals surface area contributed by atoms with Crippen molar-refractivity contribution in [2.24, 2.45) is 0 Å². The first-order valence-corrected chi connectivity index (χ1v) is 10.6. The molecule has 1 aliphatic rings. The lowest BCUT2D eigenvalue weighted by Gasteiger charge is -2.29. The number of benzene rings is 4. The Labute approximate surface area is 184 Å². The first-order chi connectivity index (χ1) is 15.3. The average Bonchev–Trinajstić information content (AvgIpc) is 3.14. The summed E-state index contributed by atoms with van der Waals surface area (Å²) in [6.45, 7) is 2.18. The van der Waals surface area contributed by atoms with E-state index in [1.165, 1.54) is 11.1 Å². The first-order valence-electron chi connectivity index (χ1n) is 10.6. The molecule has 150 valence electrons. The Balaban J connectivity index is 1.82. The van der Waals surface area contributed by atoms with Crippen LogP contribution in [0.15, 0.2) is 127 Å². The summed E-state index contributed by atoms with van der Waals surface area (Å²) in [6.07, 6.45) is 2.15. The fourth-order valence-corrected chi connectivity index (χ4v) is 4.36. The smallest absolute Gasteiger partial charge is 0.158 e. The highest BCUT2D eigenvalue weighted by Gasteiger charge is 2.44. The topological polar surface area (TPSA) is 9.23 Å². The van der Waals surface area contributed by atoms with Gasteiger partial charge in [-0.15, -0.1) is 0 Å². The van der Waals surface area contributed by atoms with Crippen molar-refractivity contribution in [3.05, 3.63) is 149 Å². The van der Waals surface area contributed by atoms with Gasteiger partial charge < -0.3 is 4.74 Å². The molecule has 1 aliphatic heterocycles. The maximum Gasteiger partial charge on any atom is 0.158 e. The Kier molecular flexibility index (Phi) is 5.01. The number of hydrogen-bond donors (Lipinski definition) is 0. The largest absolute Gasteiger partial charge is 0.477 e. The van der Waals surface area contributed by atoms with Crippen molar-refractivity contribution >= 4 is 17.2 Å². The summed E-state index contributed by atoms with van der Waals surface area (Å²) in [6, 6.07) is 42.0. The third-order valence-electron chi connectivity index (χ3n) is 5.83. The monoisotopic (exact) mass is 400 g/mol. The highest BCUT2D eigenvalue weighted by atomic mass is 16.5. The van der Waals surface area contributed by atoms with Crippen LogP contribution in [0.1, 0.15) is 29.2 Å². The summed E-state index contributed by atoms with van der Waals surface area (Å²) in [7, 11) is 0. The van der Waals surface area contributed by atoms with Crippen molar-refractivity contribution in [2.45, 2.75) is 12.5 Å². The number of ether oxygens (including phenoxy) is 1. The molecular weight excluding hydrogens is 376 g/mol. The maximum absolute atomic E-state index is 6.86. The lowest BCUT2D eigenvalue weighted by atomic mass is 9.81. The lowest BCUT2D eigenvalue weighted by molar-refractivity contribution is 0.0941. The molecule has 4 aromatic rings. The minimum atomic E-state index is -0.603. The minimum absolute atomic E-state index is 0.603. The molecule has 1 heterocycles. The highest BCUT2D eigenvalue weighted by Crippen LogP contribution is 2.53. The van der Waals surface area contributed by atoms with E-state index in [4.69, 9.17) is 4.74 Å². The van der Waals surface area contributed by atoms with E-state index in [1.54, 1.807) is 0 Å². The van der Waals surface area contributed by atoms with Crippen LogP contribution in [0.25, 0.3) is 17.2 Å². The Morgan fingerprint density at radius 3 is 1.65 bits per heavy atom. The number of rotatable bonds is 4. The van der Waals surface area contributed by atoms with Gasteiger partial charge in [-0.05, 0) is 35.3 Å². The van der Waals surface area contributed by atoms with Crippen LogP contribution in [0.5, 0.6) is 0 Å². The summed E-state index contributed by atoms with van der Waals surface area (Å²) in [5, 5.41) is 0. The number of allylic oxidation sites excluding steroid dienone is 1. The molecule has 0 N–H and O–H groups in total. The summed E-state index contributed by atoms with van der Waals surface area (Å²) < 4.78 is 6.86. The normalized spacial score (nSPS) is 19.5. The van der Waals surface area contributed by atoms with Crippen LogP contribution >= 0.6 is 0 Å². The van der Waals surface area contributed by atoms with E-state index in [2.05, 4.69) is 122 Å². The van der Waals surface area contributed by atoms with E-state index >= 15 is 0 Å². The molecule has 31 heavy (non-hydrogen) atoms. The Morgan fingerprint density at radius 1 is 0.581 bits per heavy atom. The Morgan fingerprint density at radius 2 is 1.06 bits per heavy atom. The van der Waals surface area contributed by atoms with Crippen LogP contribution in [0.3, 0.4) is 0 Å². The van der Waals surface area contributed by atoms with Crippen molar-refractivity contribution in [2.75, 3.05) is 0 Å². The molecule has 1 heteroatoms. The fourth-order valence-electron chi connectivity index (χ4n) is 4.36. The molecule has 0 saturated carbocycles. The molecule has 4 aromatic carbocycles. The molecule has 0 aromatic heterocycles. The first kappa shape index (κ1) is 19.1. The van der Waals surface area contributed by atoms with Crippen LogP contribution < -0.4 is 0 Å². The maximum atomic E-state index is 6.86. The lowest BCUT2D eigenvalue weighted by Crippen LogP contribution is -2.23. The molecule has 0 fully saturated rings. The van der Waals surface area contributed by atoms with Crippen molar-refractivity contribution in [3.63, 3.8) is 0 Å². The molecule has 1 atom stereocenters. The quantitative estimate of drug-likeness (QED) is 0.343. The van der Waals surface area contributed by atoms with Crippen LogP contribution in [0, 0.1) is 0 Å². The molecule has 1 unspecified atom stereocenters. The molecule has 0 radical (unpaired) electrons. The predicted octanol–water partition coefficient (Wildman–Crippen LogP) is 7.58. The van der Waals surface area contributed by atoms with E-state index in [0.717, 1.165) is 28.0 Å². The molecular formula is C30H24O.